The molecule has 0 aliphatic heterocycles. The van der Waals surface area contributed by atoms with Gasteiger partial charge in [-0.25, -0.2) is 0 Å². The van der Waals surface area contributed by atoms with Crippen LogP contribution in [0.25, 0.3) is 0 Å². The Morgan fingerprint density at radius 2 is 1.55 bits per heavy atom. The second-order valence-corrected chi connectivity index (χ2v) is 1.82. The molecule has 11 heavy (non-hydrogen) atoms. The molecule has 0 bridgehead atoms. The van der Waals surface area contributed by atoms with Gasteiger partial charge in [-0.2, -0.15) is 13.2 Å². The first-order valence-electron chi connectivity index (χ1n) is 2.48. The van der Waals surface area contributed by atoms with Crippen LogP contribution in [0.3, 0.4) is 0 Å². The molecule has 1 unspecified atom stereocenters. The molecular weight excluding hydrogens is 204 g/mol. The summed E-state index contributed by atoms with van der Waals surface area (Å²) in [5.74, 6) is 0. The zero-order valence-corrected chi connectivity index (χ0v) is 7.23. The molecule has 0 aliphatic rings. The lowest BCUT2D eigenvalue weighted by Crippen LogP contribution is -2.34. The maximum Gasteiger partial charge on any atom is 0.390 e. The van der Waals surface area contributed by atoms with E-state index in [1.807, 2.05) is 0 Å². The second kappa shape index (κ2) is 6.97. The summed E-state index contributed by atoms with van der Waals surface area (Å²) < 4.78 is 34.1. The standard InChI is InChI=1S/C4H9F3N2.2ClH/c5-4(6,7)1-3(9)2-8;;/h3H,1-2,8-9H2;2*1H. The van der Waals surface area contributed by atoms with E-state index in [0.29, 0.717) is 0 Å². The Bertz CT molecular complexity index is 87.9. The normalized spacial score (nSPS) is 12.8. The highest BCUT2D eigenvalue weighted by Gasteiger charge is 2.29. The maximum atomic E-state index is 11.4. The molecule has 0 aromatic rings. The number of hydrogen-bond acceptors (Lipinski definition) is 2. The molecular formula is C4H11Cl2F3N2. The van der Waals surface area contributed by atoms with Crippen LogP contribution in [0, 0.1) is 0 Å². The summed E-state index contributed by atoms with van der Waals surface area (Å²) in [5, 5.41) is 0. The van der Waals surface area contributed by atoms with Gasteiger partial charge in [0.15, 0.2) is 0 Å². The fraction of sp³-hybridized carbons (Fsp3) is 1.00. The van der Waals surface area contributed by atoms with Gasteiger partial charge in [-0.05, 0) is 0 Å². The highest BCUT2D eigenvalue weighted by Crippen LogP contribution is 2.19. The monoisotopic (exact) mass is 214 g/mol. The Morgan fingerprint density at radius 1 is 1.18 bits per heavy atom. The van der Waals surface area contributed by atoms with Gasteiger partial charge in [0.1, 0.15) is 0 Å². The smallest absolute Gasteiger partial charge is 0.329 e. The first-order valence-corrected chi connectivity index (χ1v) is 2.48. The van der Waals surface area contributed by atoms with Gasteiger partial charge in [-0.15, -0.1) is 24.8 Å². The molecule has 4 N–H and O–H groups in total. The SMILES string of the molecule is Cl.Cl.NCC(N)CC(F)(F)F. The topological polar surface area (TPSA) is 52.0 Å². The van der Waals surface area contributed by atoms with Gasteiger partial charge in [-0.3, -0.25) is 0 Å². The molecule has 0 aliphatic carbocycles. The highest BCUT2D eigenvalue weighted by molar-refractivity contribution is 5.85. The highest BCUT2D eigenvalue weighted by atomic mass is 35.5. The maximum absolute atomic E-state index is 11.4. The van der Waals surface area contributed by atoms with Crippen molar-refractivity contribution in [1.82, 2.24) is 0 Å². The van der Waals surface area contributed by atoms with Gasteiger partial charge in [0.2, 0.25) is 0 Å². The summed E-state index contributed by atoms with van der Waals surface area (Å²) in [6, 6.07) is -0.954. The number of hydrogen-bond donors (Lipinski definition) is 2. The van der Waals surface area contributed by atoms with Crippen LogP contribution < -0.4 is 11.5 Å². The van der Waals surface area contributed by atoms with Gasteiger partial charge in [0, 0.05) is 12.6 Å². The van der Waals surface area contributed by atoms with Crippen molar-refractivity contribution in [2.45, 2.75) is 18.6 Å². The molecule has 0 saturated heterocycles. The summed E-state index contributed by atoms with van der Waals surface area (Å²) >= 11 is 0. The van der Waals surface area contributed by atoms with Gasteiger partial charge in [-0.1, -0.05) is 0 Å². The first kappa shape index (κ1) is 17.4. The van der Waals surface area contributed by atoms with Gasteiger partial charge in [0.05, 0.1) is 6.42 Å². The third-order valence-electron chi connectivity index (χ3n) is 0.796. The third kappa shape index (κ3) is 13.3. The molecule has 0 amide bonds. The van der Waals surface area contributed by atoms with Crippen LogP contribution in [-0.2, 0) is 0 Å². The van der Waals surface area contributed by atoms with Crippen molar-refractivity contribution in [2.24, 2.45) is 11.5 Å². The number of rotatable bonds is 2. The van der Waals surface area contributed by atoms with Crippen LogP contribution in [0.4, 0.5) is 13.2 Å². The predicted molar refractivity (Wildman–Crippen MR) is 42.2 cm³/mol. The van der Waals surface area contributed by atoms with Crippen LogP contribution in [0.15, 0.2) is 0 Å². The van der Waals surface area contributed by atoms with Crippen LogP contribution in [0.2, 0.25) is 0 Å². The number of halogens is 5. The van der Waals surface area contributed by atoms with E-state index in [0.717, 1.165) is 0 Å². The predicted octanol–water partition coefficient (Wildman–Crippen LogP) is 1.07. The van der Waals surface area contributed by atoms with Crippen molar-refractivity contribution in [3.8, 4) is 0 Å². The Morgan fingerprint density at radius 3 is 1.64 bits per heavy atom. The van der Waals surface area contributed by atoms with Crippen molar-refractivity contribution >= 4 is 24.8 Å². The van der Waals surface area contributed by atoms with E-state index in [1.54, 1.807) is 0 Å². The van der Waals surface area contributed by atoms with E-state index < -0.39 is 18.6 Å². The van der Waals surface area contributed by atoms with Crippen molar-refractivity contribution < 1.29 is 13.2 Å². The Hall–Kier alpha value is 0.290. The average Bonchev–Trinajstić information content (AvgIpc) is 1.62. The molecule has 0 aromatic heterocycles. The minimum atomic E-state index is -4.18. The van der Waals surface area contributed by atoms with E-state index in [-0.39, 0.29) is 31.4 Å². The lowest BCUT2D eigenvalue weighted by molar-refractivity contribution is -0.137. The van der Waals surface area contributed by atoms with Gasteiger partial charge < -0.3 is 11.5 Å². The summed E-state index contributed by atoms with van der Waals surface area (Å²) in [5.41, 5.74) is 9.77. The zero-order valence-electron chi connectivity index (χ0n) is 5.60. The third-order valence-corrected chi connectivity index (χ3v) is 0.796. The zero-order chi connectivity index (χ0) is 7.49. The molecule has 0 saturated carbocycles. The Labute approximate surface area is 75.3 Å². The van der Waals surface area contributed by atoms with Crippen LogP contribution in [-0.4, -0.2) is 18.8 Å². The first-order chi connectivity index (χ1) is 3.95. The quantitative estimate of drug-likeness (QED) is 0.723. The Kier molecular flexibility index (Phi) is 11.0. The van der Waals surface area contributed by atoms with E-state index in [2.05, 4.69) is 0 Å². The molecule has 1 atom stereocenters. The van der Waals surface area contributed by atoms with E-state index in [9.17, 15) is 13.2 Å². The molecule has 0 aromatic carbocycles. The van der Waals surface area contributed by atoms with E-state index >= 15 is 0 Å². The fourth-order valence-electron chi connectivity index (χ4n) is 0.381. The van der Waals surface area contributed by atoms with Crippen molar-refractivity contribution in [2.75, 3.05) is 6.54 Å². The van der Waals surface area contributed by atoms with Crippen molar-refractivity contribution in [1.29, 1.82) is 0 Å². The fourth-order valence-corrected chi connectivity index (χ4v) is 0.381. The lowest BCUT2D eigenvalue weighted by Gasteiger charge is -2.10. The molecule has 0 rings (SSSR count). The molecule has 0 radical (unpaired) electrons. The minimum Gasteiger partial charge on any atom is -0.329 e. The minimum absolute atomic E-state index is 0. The average molecular weight is 215 g/mol. The lowest BCUT2D eigenvalue weighted by atomic mass is 10.2. The largest absolute Gasteiger partial charge is 0.390 e. The molecule has 2 nitrogen and oxygen atoms in total. The molecule has 0 fully saturated rings. The second-order valence-electron chi connectivity index (χ2n) is 1.82. The Balaban J connectivity index is -0.000000320. The van der Waals surface area contributed by atoms with Crippen LogP contribution in [0.1, 0.15) is 6.42 Å². The number of nitrogens with two attached hydrogens (primary N) is 2. The van der Waals surface area contributed by atoms with Crippen molar-refractivity contribution in [3.63, 3.8) is 0 Å². The van der Waals surface area contributed by atoms with Gasteiger partial charge >= 0.3 is 6.18 Å². The molecule has 7 heteroatoms. The molecule has 0 spiro atoms. The van der Waals surface area contributed by atoms with Gasteiger partial charge in [0.25, 0.3) is 0 Å². The summed E-state index contributed by atoms with van der Waals surface area (Å²) in [4.78, 5) is 0. The number of alkyl halides is 3. The van der Waals surface area contributed by atoms with Crippen molar-refractivity contribution in [3.05, 3.63) is 0 Å². The van der Waals surface area contributed by atoms with Crippen LogP contribution in [0.5, 0.6) is 0 Å². The van der Waals surface area contributed by atoms with Crippen LogP contribution >= 0.6 is 24.8 Å². The van der Waals surface area contributed by atoms with E-state index in [4.69, 9.17) is 11.5 Å². The molecule has 0 heterocycles. The summed E-state index contributed by atoms with van der Waals surface area (Å²) in [6.07, 6.45) is -5.18. The molecule has 72 valence electrons. The van der Waals surface area contributed by atoms with E-state index in [1.165, 1.54) is 0 Å². The summed E-state index contributed by atoms with van der Waals surface area (Å²) in [6.45, 7) is -0.125. The summed E-state index contributed by atoms with van der Waals surface area (Å²) in [7, 11) is 0.